The van der Waals surface area contributed by atoms with E-state index in [1.165, 1.54) is 44.6 Å². The van der Waals surface area contributed by atoms with Gasteiger partial charge in [-0.05, 0) is 279 Å². The fourth-order valence-electron chi connectivity index (χ4n) is 28.8. The van der Waals surface area contributed by atoms with Crippen LogP contribution in [0.25, 0.3) is 0 Å². The maximum Gasteiger partial charge on any atom is 0.323 e. The molecule has 658 valence electrons. The fourth-order valence-corrected chi connectivity index (χ4v) is 28.8. The predicted octanol–water partition coefficient (Wildman–Crippen LogP) is 15.6. The second-order valence-corrected chi connectivity index (χ2v) is 42.0. The smallest absolute Gasteiger partial charge is 0.323 e. The third kappa shape index (κ3) is 16.0. The van der Waals surface area contributed by atoms with E-state index in [4.69, 9.17) is 41.3 Å². The minimum atomic E-state index is -0.832. The van der Waals surface area contributed by atoms with E-state index in [9.17, 15) is 57.5 Å². The molecule has 16 rings (SSSR count). The number of esters is 3. The lowest BCUT2D eigenvalue weighted by molar-refractivity contribution is -0.154. The predicted molar refractivity (Wildman–Crippen MR) is 460 cm³/mol. The summed E-state index contributed by atoms with van der Waals surface area (Å²) in [6.07, 6.45) is 43.8. The average Bonchev–Trinajstić information content (AvgIpc) is 1.62. The van der Waals surface area contributed by atoms with Gasteiger partial charge in [-0.1, -0.05) is 157 Å². The van der Waals surface area contributed by atoms with Crippen molar-refractivity contribution in [3.63, 3.8) is 0 Å². The van der Waals surface area contributed by atoms with E-state index in [0.717, 1.165) is 116 Å². The van der Waals surface area contributed by atoms with Gasteiger partial charge < -0.3 is 41.3 Å². The van der Waals surface area contributed by atoms with Crippen molar-refractivity contribution in [2.75, 3.05) is 39.6 Å². The number of Topliss-reactive ketones (excluding diaryl/α,β-unsaturated/α-hetero) is 4. The Labute approximate surface area is 716 Å². The molecule has 0 bridgehead atoms. The van der Waals surface area contributed by atoms with Crippen molar-refractivity contribution in [1.82, 2.24) is 0 Å². The molecule has 121 heavy (non-hydrogen) atoms. The van der Waals surface area contributed by atoms with Crippen molar-refractivity contribution in [3.8, 4) is 0 Å². The lowest BCUT2D eigenvalue weighted by atomic mass is 9.48. The number of ether oxygens (including phenoxy) is 4. The molecule has 7 N–H and O–H groups in total. The highest BCUT2D eigenvalue weighted by atomic mass is 16.5. The topological polar surface area (TPSA) is 340 Å². The number of aliphatic carboxylic acids is 1. The Morgan fingerprint density at radius 3 is 1.26 bits per heavy atom. The van der Waals surface area contributed by atoms with Gasteiger partial charge in [0.05, 0.1) is 6.54 Å². The van der Waals surface area contributed by atoms with Crippen LogP contribution in [-0.2, 0) is 76.5 Å². The van der Waals surface area contributed by atoms with E-state index in [1.807, 2.05) is 24.3 Å². The van der Waals surface area contributed by atoms with Crippen LogP contribution >= 0.6 is 0 Å². The molecule has 20 heteroatoms. The van der Waals surface area contributed by atoms with Crippen LogP contribution in [0.1, 0.15) is 245 Å². The summed E-state index contributed by atoms with van der Waals surface area (Å²) in [6, 6.07) is -1.44. The molecule has 0 aromatic heterocycles. The molecule has 0 aliphatic heterocycles. The summed E-state index contributed by atoms with van der Waals surface area (Å²) >= 11 is 0. The maximum atomic E-state index is 13.4. The Morgan fingerprint density at radius 1 is 0.471 bits per heavy atom. The molecule has 8 unspecified atom stereocenters. The van der Waals surface area contributed by atoms with E-state index in [2.05, 4.69) is 126 Å². The van der Waals surface area contributed by atoms with Gasteiger partial charge in [0.2, 0.25) is 0 Å². The van der Waals surface area contributed by atoms with Gasteiger partial charge in [-0.2, -0.15) is 0 Å². The first-order valence-electron chi connectivity index (χ1n) is 45.7. The number of carboxylic acid groups (broad SMARTS) is 1. The number of carbonyl (C=O) groups excluding carboxylic acids is 11. The zero-order valence-corrected chi connectivity index (χ0v) is 74.8. The van der Waals surface area contributed by atoms with Crippen LogP contribution < -0.4 is 17.2 Å². The zero-order valence-electron chi connectivity index (χ0n) is 74.8. The van der Waals surface area contributed by atoms with Gasteiger partial charge in [-0.3, -0.25) is 57.5 Å². The summed E-state index contributed by atoms with van der Waals surface area (Å²) in [5, 5.41) is 8.74. The van der Waals surface area contributed by atoms with Crippen LogP contribution in [0, 0.1) is 138 Å². The monoisotopic (exact) mass is 1660 g/mol. The van der Waals surface area contributed by atoms with E-state index in [-0.39, 0.29) is 164 Å². The number of hydrogen-bond acceptors (Lipinski definition) is 19. The number of nitrogens with two attached hydrogens (primary N) is 3. The van der Waals surface area contributed by atoms with Crippen LogP contribution in [0.2, 0.25) is 0 Å². The lowest BCUT2D eigenvalue weighted by Crippen LogP contribution is -2.51. The summed E-state index contributed by atoms with van der Waals surface area (Å²) in [5.41, 5.74) is 26.1. The lowest BCUT2D eigenvalue weighted by Gasteiger charge is -2.55. The number of carboxylic acids is 1. The molecule has 8 fully saturated rings. The number of fused-ring (bicyclic) bond motifs is 20. The maximum absolute atomic E-state index is 13.4. The Balaban J connectivity index is 0.000000139. The van der Waals surface area contributed by atoms with Gasteiger partial charge in [0, 0.05) is 70.7 Å². The molecule has 0 spiro atoms. The summed E-state index contributed by atoms with van der Waals surface area (Å²) in [5.74, 6) is 2.95. The Morgan fingerprint density at radius 2 is 0.851 bits per heavy atom. The van der Waals surface area contributed by atoms with Gasteiger partial charge >= 0.3 is 23.9 Å². The first-order valence-corrected chi connectivity index (χ1v) is 45.7. The summed E-state index contributed by atoms with van der Waals surface area (Å²) < 4.78 is 21.1. The number of allylic oxidation sites excluding steroid dienone is 20. The largest absolute Gasteiger partial charge is 0.481 e. The Kier molecular flexibility index (Phi) is 26.0. The Bertz CT molecular complexity index is 4450. The van der Waals surface area contributed by atoms with Gasteiger partial charge in [0.25, 0.3) is 0 Å². The highest BCUT2D eigenvalue weighted by Gasteiger charge is 2.67. The third-order valence-corrected chi connectivity index (χ3v) is 35.3. The Hall–Kier alpha value is -7.52. The molecule has 16 aliphatic carbocycles. The van der Waals surface area contributed by atoms with Crippen molar-refractivity contribution in [1.29, 1.82) is 0 Å². The SMILES string of the molecule is C[C@@H]1CC2C3CCC4=CC(=O)CC[C@]4(C)C3=CC[C@]2(C)[C@H]1C(=O)COCCCC(=O)O.C[C@H](N)C(=O)OCC(=O)[C@H]1[C@@H](C)CC2C3CCC4=CC(=O)C=C[C@]4(C)C3=CC[C@@]21C.C[C@H](N)C(=O)OCC(=O)[C@H]1[C@H](C)CC2C3CCC4=CC(=O)C=C[C@]4(C)C3=CC[C@@]21C.C[C@H]1CC2C3CCC4=CC(=O)CC[C@]4(C)C3=CC[C@]2(C)[C@@]1(C)C(=O)COC(=O)CN. The van der Waals surface area contributed by atoms with Crippen molar-refractivity contribution in [2.24, 2.45) is 155 Å². The van der Waals surface area contributed by atoms with Crippen molar-refractivity contribution < 1.29 is 81.6 Å². The molecule has 20 nitrogen and oxygen atoms in total. The third-order valence-electron chi connectivity index (χ3n) is 35.3. The first kappa shape index (κ1) is 91.2. The van der Waals surface area contributed by atoms with Crippen molar-refractivity contribution in [3.05, 3.63) is 117 Å². The highest BCUT2D eigenvalue weighted by Crippen LogP contribution is 2.72. The van der Waals surface area contributed by atoms with Gasteiger partial charge in [-0.25, -0.2) is 0 Å². The van der Waals surface area contributed by atoms with Crippen LogP contribution in [0.5, 0.6) is 0 Å². The molecule has 0 aromatic rings. The zero-order chi connectivity index (χ0) is 88.0. The molecule has 0 amide bonds. The normalized spacial score (nSPS) is 40.6. The second kappa shape index (κ2) is 34.4. The molecule has 0 aromatic carbocycles. The molecule has 8 saturated carbocycles. The number of ketones is 8. The van der Waals surface area contributed by atoms with Crippen LogP contribution in [0.4, 0.5) is 0 Å². The minimum absolute atomic E-state index is 0.00104. The molecular weight excluding hydrogens is 1530 g/mol. The second-order valence-electron chi connectivity index (χ2n) is 42.0. The van der Waals surface area contributed by atoms with Gasteiger partial charge in [0.15, 0.2) is 52.9 Å². The number of rotatable bonds is 19. The van der Waals surface area contributed by atoms with Gasteiger partial charge in [-0.15, -0.1) is 0 Å². The van der Waals surface area contributed by atoms with E-state index >= 15 is 0 Å². The molecule has 26 atom stereocenters. The molecule has 16 aliphatic rings. The van der Waals surface area contributed by atoms with Crippen molar-refractivity contribution in [2.45, 2.75) is 257 Å². The average molecular weight is 1670 g/mol. The minimum Gasteiger partial charge on any atom is -0.481 e. The first-order chi connectivity index (χ1) is 56.9. The quantitative estimate of drug-likeness (QED) is 0.0404. The van der Waals surface area contributed by atoms with E-state index in [0.29, 0.717) is 79.1 Å². The summed E-state index contributed by atoms with van der Waals surface area (Å²) in [7, 11) is 0. The van der Waals surface area contributed by atoms with E-state index in [1.54, 1.807) is 26.0 Å². The van der Waals surface area contributed by atoms with Crippen LogP contribution in [0.3, 0.4) is 0 Å². The van der Waals surface area contributed by atoms with Crippen LogP contribution in [-0.4, -0.2) is 127 Å². The molecular formula is C101H137N3O17. The summed E-state index contributed by atoms with van der Waals surface area (Å²) in [4.78, 5) is 146. The van der Waals surface area contributed by atoms with Crippen LogP contribution in [0.15, 0.2) is 117 Å². The number of carbonyl (C=O) groups is 12. The standard InChI is InChI=1S/C26H36O5.C25H35NO4.2C25H33NO4/c1-16-13-21-19-7-6-17-14-18(27)8-10-25(17,2)20(19)9-11-26(21,3)24(16)22(28)15-31-12-4-5-23(29)30;1-15-11-20-18-6-5-16-12-17(27)7-9-23(16,2)19(18)8-10-24(20,3)25(15,4)21(28)14-30-22(29)13-26;2*1-14-11-20-18-6-5-16-12-17(27)7-9-24(16,3)19(18)8-10-25(20,4)22(14)21(28)13-30-23(29)15(2)26/h9,14,16,19,21,24H,4-8,10-13,15H2,1-3H3,(H,29,30);8,12,15,18,20H,5-7,9-11,13-14,26H2,1-4H3;2*7-9,12,14-15,18,20,22H,5-6,10-11,13,26H2,1-4H3/t16-,19?,21?,24-,25+,26+;15-,18?,20?,23-,24-,25+;14-,15+,18?,20?,22-,24+,25+;14-,15-,18?,20?,22+,24-,25-/m1010/s1. The van der Waals surface area contributed by atoms with Crippen molar-refractivity contribution >= 4 is 70.1 Å². The molecule has 0 saturated heterocycles. The number of hydrogen-bond donors (Lipinski definition) is 4. The van der Waals surface area contributed by atoms with E-state index < -0.39 is 41.4 Å². The van der Waals surface area contributed by atoms with Gasteiger partial charge in [0.1, 0.15) is 31.9 Å². The summed E-state index contributed by atoms with van der Waals surface area (Å²) in [6.45, 7) is 31.8. The molecule has 0 heterocycles. The molecule has 0 radical (unpaired) electrons. The fraction of sp³-hybridized carbons (Fsp3) is 0.683. The highest BCUT2D eigenvalue weighted by molar-refractivity contribution is 6.02.